The lowest BCUT2D eigenvalue weighted by atomic mass is 10.5. The second-order valence-electron chi connectivity index (χ2n) is 1.37. The summed E-state index contributed by atoms with van der Waals surface area (Å²) in [7, 11) is 0. The second-order valence-corrected chi connectivity index (χ2v) is 1.37. The van der Waals surface area contributed by atoms with E-state index < -0.39 is 0 Å². The van der Waals surface area contributed by atoms with Crippen molar-refractivity contribution >= 4 is 18.4 Å². The van der Waals surface area contributed by atoms with Gasteiger partial charge in [0.05, 0.1) is 6.61 Å². The number of hydrogen-bond donors (Lipinski definition) is 1. The van der Waals surface area contributed by atoms with Crippen LogP contribution in [0.2, 0.25) is 0 Å². The highest BCUT2D eigenvalue weighted by Crippen LogP contribution is 1.81. The van der Waals surface area contributed by atoms with Crippen molar-refractivity contribution in [3.8, 4) is 0 Å². The second kappa shape index (κ2) is 11.3. The molecule has 0 rings (SSSR count). The zero-order valence-corrected chi connectivity index (χ0v) is 6.95. The van der Waals surface area contributed by atoms with E-state index >= 15 is 0 Å². The fraction of sp³-hybridized carbons (Fsp3) is 0.500. The summed E-state index contributed by atoms with van der Waals surface area (Å²) in [6.07, 6.45) is 2.02. The predicted molar refractivity (Wildman–Crippen MR) is 43.7 cm³/mol. The van der Waals surface area contributed by atoms with Gasteiger partial charge in [-0.15, -0.1) is 12.4 Å². The highest BCUT2D eigenvalue weighted by atomic mass is 35.5. The molecule has 0 spiro atoms. The molecular formula is C6H14ClNO2. The maximum absolute atomic E-state index is 10.2. The van der Waals surface area contributed by atoms with Crippen molar-refractivity contribution in [2.45, 2.75) is 13.3 Å². The molecule has 0 fully saturated rings. The summed E-state index contributed by atoms with van der Waals surface area (Å²) in [6, 6.07) is 0. The molecule has 0 aliphatic carbocycles. The van der Waals surface area contributed by atoms with Crippen molar-refractivity contribution in [2.75, 3.05) is 6.61 Å². The average Bonchev–Trinajstić information content (AvgIpc) is 1.83. The third-order valence-corrected chi connectivity index (χ3v) is 0.615. The predicted octanol–water partition coefficient (Wildman–Crippen LogP) is 1.71. The number of carbonyl (C=O) groups excluding carboxylic acids is 1. The molecule has 0 aromatic rings. The topological polar surface area (TPSA) is 61.3 Å². The van der Waals surface area contributed by atoms with Crippen molar-refractivity contribution < 1.29 is 9.53 Å². The lowest BCUT2D eigenvalue weighted by molar-refractivity contribution is -0.137. The molecule has 0 aliphatic rings. The highest BCUT2D eigenvalue weighted by molar-refractivity contribution is 5.85. The minimum absolute atomic E-state index is 0. The summed E-state index contributed by atoms with van der Waals surface area (Å²) < 4.78 is 4.58. The highest BCUT2D eigenvalue weighted by Gasteiger charge is 1.89. The van der Waals surface area contributed by atoms with Gasteiger partial charge in [0.1, 0.15) is 0 Å². The van der Waals surface area contributed by atoms with E-state index in [-0.39, 0.29) is 24.5 Å². The maximum Gasteiger partial charge on any atom is 0.330 e. The van der Waals surface area contributed by atoms with Crippen LogP contribution in [-0.2, 0) is 9.53 Å². The molecule has 0 unspecified atom stereocenters. The summed E-state index contributed by atoms with van der Waals surface area (Å²) in [5.74, 6) is -0.341. The van der Waals surface area contributed by atoms with Crippen LogP contribution in [0.25, 0.3) is 0 Å². The first-order valence-corrected chi connectivity index (χ1v) is 2.60. The van der Waals surface area contributed by atoms with Crippen molar-refractivity contribution in [1.82, 2.24) is 6.15 Å². The molecule has 62 valence electrons. The van der Waals surface area contributed by atoms with Gasteiger partial charge in [0, 0.05) is 6.08 Å². The smallest absolute Gasteiger partial charge is 0.330 e. The van der Waals surface area contributed by atoms with Crippen LogP contribution < -0.4 is 6.15 Å². The van der Waals surface area contributed by atoms with Crippen LogP contribution >= 0.6 is 12.4 Å². The number of halogens is 1. The Morgan fingerprint density at radius 2 is 2.20 bits per heavy atom. The minimum Gasteiger partial charge on any atom is -0.463 e. The van der Waals surface area contributed by atoms with Gasteiger partial charge < -0.3 is 10.9 Å². The van der Waals surface area contributed by atoms with E-state index in [1.54, 1.807) is 0 Å². The molecule has 4 heteroatoms. The van der Waals surface area contributed by atoms with E-state index in [1.807, 2.05) is 6.92 Å². The van der Waals surface area contributed by atoms with Gasteiger partial charge in [-0.25, -0.2) is 4.79 Å². The Bertz CT molecular complexity index is 95.7. The van der Waals surface area contributed by atoms with Crippen molar-refractivity contribution in [1.29, 1.82) is 0 Å². The number of esters is 1. The lowest BCUT2D eigenvalue weighted by Crippen LogP contribution is -1.99. The fourth-order valence-corrected chi connectivity index (χ4v) is 0.262. The monoisotopic (exact) mass is 167 g/mol. The Morgan fingerprint density at radius 1 is 1.70 bits per heavy atom. The molecule has 0 aromatic carbocycles. The molecule has 0 aromatic heterocycles. The van der Waals surface area contributed by atoms with E-state index in [4.69, 9.17) is 0 Å². The number of carbonyl (C=O) groups is 1. The molecule has 0 aliphatic heterocycles. The van der Waals surface area contributed by atoms with Crippen LogP contribution in [0, 0.1) is 0 Å². The molecule has 3 N–H and O–H groups in total. The Balaban J connectivity index is -0.000000245. The third kappa shape index (κ3) is 10.4. The summed E-state index contributed by atoms with van der Waals surface area (Å²) in [5, 5.41) is 0. The molecule has 0 saturated heterocycles. The zero-order valence-electron chi connectivity index (χ0n) is 6.13. The minimum atomic E-state index is -0.341. The van der Waals surface area contributed by atoms with Crippen LogP contribution in [0.3, 0.4) is 0 Å². The van der Waals surface area contributed by atoms with Gasteiger partial charge in [0.15, 0.2) is 0 Å². The van der Waals surface area contributed by atoms with Gasteiger partial charge in [0.2, 0.25) is 0 Å². The summed E-state index contributed by atoms with van der Waals surface area (Å²) in [6.45, 7) is 5.67. The lowest BCUT2D eigenvalue weighted by Gasteiger charge is -1.94. The van der Waals surface area contributed by atoms with Gasteiger partial charge >= 0.3 is 5.97 Å². The summed E-state index contributed by atoms with van der Waals surface area (Å²) in [4.78, 5) is 10.2. The van der Waals surface area contributed by atoms with Gasteiger partial charge in [-0.2, -0.15) is 0 Å². The molecule has 0 bridgehead atoms. The van der Waals surface area contributed by atoms with E-state index in [2.05, 4.69) is 11.3 Å². The van der Waals surface area contributed by atoms with Crippen molar-refractivity contribution in [2.24, 2.45) is 0 Å². The summed E-state index contributed by atoms with van der Waals surface area (Å²) in [5.41, 5.74) is 0. The molecule has 10 heavy (non-hydrogen) atoms. The van der Waals surface area contributed by atoms with Gasteiger partial charge in [-0.3, -0.25) is 0 Å². The molecule has 0 heterocycles. The Morgan fingerprint density at radius 3 is 2.50 bits per heavy atom. The van der Waals surface area contributed by atoms with Crippen LogP contribution in [0.1, 0.15) is 13.3 Å². The van der Waals surface area contributed by atoms with Crippen LogP contribution in [0.5, 0.6) is 0 Å². The fourth-order valence-electron chi connectivity index (χ4n) is 0.262. The zero-order chi connectivity index (χ0) is 6.41. The Labute approximate surface area is 67.4 Å². The molecular weight excluding hydrogens is 154 g/mol. The third-order valence-electron chi connectivity index (χ3n) is 0.615. The standard InChI is InChI=1S/C6H10O2.ClH.H3N/c1-3-5-8-6(7)4-2;;/h4H,2-3,5H2,1H3;1H;1H3. The van der Waals surface area contributed by atoms with Gasteiger partial charge in [-0.05, 0) is 6.42 Å². The van der Waals surface area contributed by atoms with Crippen molar-refractivity contribution in [3.05, 3.63) is 12.7 Å². The SMILES string of the molecule is C=CC(=O)OCCC.Cl.N. The Hall–Kier alpha value is -0.540. The maximum atomic E-state index is 10.2. The van der Waals surface area contributed by atoms with Crippen LogP contribution in [-0.4, -0.2) is 12.6 Å². The number of rotatable bonds is 3. The van der Waals surface area contributed by atoms with Crippen LogP contribution in [0.4, 0.5) is 0 Å². The van der Waals surface area contributed by atoms with Crippen LogP contribution in [0.15, 0.2) is 12.7 Å². The first-order valence-electron chi connectivity index (χ1n) is 2.60. The summed E-state index contributed by atoms with van der Waals surface area (Å²) >= 11 is 0. The molecule has 0 radical (unpaired) electrons. The average molecular weight is 168 g/mol. The Kier molecular flexibility index (Phi) is 18.3. The van der Waals surface area contributed by atoms with E-state index in [0.29, 0.717) is 6.61 Å². The molecule has 0 saturated carbocycles. The van der Waals surface area contributed by atoms with E-state index in [1.165, 1.54) is 0 Å². The van der Waals surface area contributed by atoms with E-state index in [0.717, 1.165) is 12.5 Å². The molecule has 0 atom stereocenters. The van der Waals surface area contributed by atoms with Gasteiger partial charge in [0.25, 0.3) is 0 Å². The number of hydrogen-bond acceptors (Lipinski definition) is 3. The largest absolute Gasteiger partial charge is 0.463 e. The quantitative estimate of drug-likeness (QED) is 0.514. The van der Waals surface area contributed by atoms with Gasteiger partial charge in [-0.1, -0.05) is 13.5 Å². The van der Waals surface area contributed by atoms with E-state index in [9.17, 15) is 4.79 Å². The van der Waals surface area contributed by atoms with Crippen molar-refractivity contribution in [3.63, 3.8) is 0 Å². The number of ether oxygens (including phenoxy) is 1. The first-order chi connectivity index (χ1) is 3.81. The molecule has 3 nitrogen and oxygen atoms in total. The first kappa shape index (κ1) is 16.2. The normalized spacial score (nSPS) is 6.50. The molecule has 0 amide bonds.